The standard InChI is InChI=1S/C15H21BClN3O3S/c1-9(21)24-8-11(6-10-7-19-13(17)20-12(10)18)16-22-14(2,3)15(4,5)23-16/h6-7H,8H2,1-5H3,(H2,18,19,20). The molecule has 1 aliphatic rings. The average molecular weight is 370 g/mol. The van der Waals surface area contributed by atoms with E-state index >= 15 is 0 Å². The van der Waals surface area contributed by atoms with E-state index in [0.717, 1.165) is 5.47 Å². The van der Waals surface area contributed by atoms with Gasteiger partial charge in [-0.05, 0) is 44.8 Å². The zero-order valence-electron chi connectivity index (χ0n) is 14.4. The van der Waals surface area contributed by atoms with Crippen molar-refractivity contribution in [1.29, 1.82) is 0 Å². The number of hydrogen-bond acceptors (Lipinski definition) is 7. The lowest BCUT2D eigenvalue weighted by atomic mass is 9.78. The van der Waals surface area contributed by atoms with E-state index in [1.54, 1.807) is 6.08 Å². The molecule has 1 fully saturated rings. The van der Waals surface area contributed by atoms with E-state index in [4.69, 9.17) is 26.6 Å². The lowest BCUT2D eigenvalue weighted by molar-refractivity contribution is -0.109. The van der Waals surface area contributed by atoms with Crippen molar-refractivity contribution < 1.29 is 14.1 Å². The fraction of sp³-hybridized carbons (Fsp3) is 0.533. The molecule has 1 aromatic heterocycles. The zero-order valence-corrected chi connectivity index (χ0v) is 16.0. The Labute approximate surface area is 151 Å². The van der Waals surface area contributed by atoms with Gasteiger partial charge in [0.15, 0.2) is 5.12 Å². The molecule has 0 aliphatic carbocycles. The molecular weight excluding hydrogens is 349 g/mol. The minimum atomic E-state index is -0.572. The van der Waals surface area contributed by atoms with E-state index in [9.17, 15) is 4.79 Å². The van der Waals surface area contributed by atoms with Crippen molar-refractivity contribution in [2.24, 2.45) is 0 Å². The first-order valence-electron chi connectivity index (χ1n) is 7.49. The van der Waals surface area contributed by atoms with Crippen LogP contribution >= 0.6 is 23.4 Å². The molecule has 0 unspecified atom stereocenters. The summed E-state index contributed by atoms with van der Waals surface area (Å²) in [5, 5.41) is 0.0951. The predicted octanol–water partition coefficient (Wildman–Crippen LogP) is 3.01. The number of halogens is 1. The molecule has 0 spiro atoms. The number of thioether (sulfide) groups is 1. The fourth-order valence-corrected chi connectivity index (χ4v) is 2.78. The molecule has 9 heteroatoms. The molecule has 0 aromatic carbocycles. The van der Waals surface area contributed by atoms with E-state index in [1.807, 2.05) is 27.7 Å². The van der Waals surface area contributed by atoms with E-state index in [-0.39, 0.29) is 16.2 Å². The highest BCUT2D eigenvalue weighted by atomic mass is 35.5. The van der Waals surface area contributed by atoms with Gasteiger partial charge in [-0.2, -0.15) is 0 Å². The first-order valence-corrected chi connectivity index (χ1v) is 8.86. The number of carbonyl (C=O) groups excluding carboxylic acids is 1. The summed E-state index contributed by atoms with van der Waals surface area (Å²) in [7, 11) is -0.572. The summed E-state index contributed by atoms with van der Waals surface area (Å²) >= 11 is 6.92. The van der Waals surface area contributed by atoms with Crippen molar-refractivity contribution in [2.45, 2.75) is 45.8 Å². The second-order valence-corrected chi connectivity index (χ2v) is 8.06. The minimum Gasteiger partial charge on any atom is -0.400 e. The minimum absolute atomic E-state index is 0.0118. The number of hydrogen-bond donors (Lipinski definition) is 1. The van der Waals surface area contributed by atoms with Gasteiger partial charge in [-0.3, -0.25) is 4.79 Å². The number of aromatic nitrogens is 2. The molecule has 0 atom stereocenters. The second kappa shape index (κ2) is 7.03. The van der Waals surface area contributed by atoms with Crippen LogP contribution in [0.4, 0.5) is 5.82 Å². The third-order valence-electron chi connectivity index (χ3n) is 4.16. The van der Waals surface area contributed by atoms with E-state index in [1.165, 1.54) is 24.9 Å². The van der Waals surface area contributed by atoms with Crippen molar-refractivity contribution in [2.75, 3.05) is 11.5 Å². The highest BCUT2D eigenvalue weighted by molar-refractivity contribution is 8.13. The Morgan fingerprint density at radius 2 is 1.96 bits per heavy atom. The van der Waals surface area contributed by atoms with Crippen molar-refractivity contribution in [3.8, 4) is 0 Å². The zero-order chi connectivity index (χ0) is 18.1. The third kappa shape index (κ3) is 4.30. The molecule has 1 aromatic rings. The summed E-state index contributed by atoms with van der Waals surface area (Å²) < 4.78 is 12.1. The summed E-state index contributed by atoms with van der Waals surface area (Å²) in [5.74, 6) is 0.686. The van der Waals surface area contributed by atoms with E-state index in [0.29, 0.717) is 11.3 Å². The maximum absolute atomic E-state index is 11.4. The van der Waals surface area contributed by atoms with Gasteiger partial charge < -0.3 is 15.0 Å². The molecule has 0 bridgehead atoms. The van der Waals surface area contributed by atoms with Crippen LogP contribution in [0.5, 0.6) is 0 Å². The monoisotopic (exact) mass is 369 g/mol. The SMILES string of the molecule is CC(=O)SCC(=Cc1cnc(Cl)nc1N)B1OC(C)(C)C(C)(C)O1. The van der Waals surface area contributed by atoms with Gasteiger partial charge in [-0.25, -0.2) is 9.97 Å². The van der Waals surface area contributed by atoms with Crippen molar-refractivity contribution in [1.82, 2.24) is 9.97 Å². The Morgan fingerprint density at radius 1 is 1.38 bits per heavy atom. The lowest BCUT2D eigenvalue weighted by Crippen LogP contribution is -2.41. The Balaban J connectivity index is 2.35. The Bertz CT molecular complexity index is 666. The molecule has 130 valence electrons. The molecular formula is C15H21BClN3O3S. The molecule has 2 heterocycles. The summed E-state index contributed by atoms with van der Waals surface area (Å²) in [6.07, 6.45) is 3.33. The lowest BCUT2D eigenvalue weighted by Gasteiger charge is -2.32. The molecule has 2 N–H and O–H groups in total. The number of anilines is 1. The van der Waals surface area contributed by atoms with Gasteiger partial charge in [0.05, 0.1) is 11.2 Å². The van der Waals surface area contributed by atoms with Crippen LogP contribution in [0.15, 0.2) is 11.7 Å². The van der Waals surface area contributed by atoms with Gasteiger partial charge in [-0.1, -0.05) is 17.8 Å². The summed E-state index contributed by atoms with van der Waals surface area (Å²) in [6.45, 7) is 9.42. The normalized spacial score (nSPS) is 19.6. The van der Waals surface area contributed by atoms with Gasteiger partial charge in [0, 0.05) is 24.4 Å². The van der Waals surface area contributed by atoms with Crippen LogP contribution in [-0.2, 0) is 14.1 Å². The van der Waals surface area contributed by atoms with Gasteiger partial charge in [0.2, 0.25) is 5.28 Å². The fourth-order valence-electron chi connectivity index (χ4n) is 2.05. The van der Waals surface area contributed by atoms with Crippen molar-refractivity contribution >= 4 is 47.5 Å². The van der Waals surface area contributed by atoms with Crippen LogP contribution in [0.2, 0.25) is 5.28 Å². The van der Waals surface area contributed by atoms with Gasteiger partial charge >= 0.3 is 7.12 Å². The van der Waals surface area contributed by atoms with Gasteiger partial charge in [0.1, 0.15) is 5.82 Å². The molecule has 0 saturated carbocycles. The highest BCUT2D eigenvalue weighted by Crippen LogP contribution is 2.39. The third-order valence-corrected chi connectivity index (χ3v) is 5.22. The largest absolute Gasteiger partial charge is 0.491 e. The molecule has 0 radical (unpaired) electrons. The number of nitrogens with zero attached hydrogens (tertiary/aromatic N) is 2. The Hall–Kier alpha value is -1.09. The topological polar surface area (TPSA) is 87.3 Å². The quantitative estimate of drug-likeness (QED) is 0.644. The number of nitrogen functional groups attached to an aromatic ring is 1. The van der Waals surface area contributed by atoms with Crippen molar-refractivity contribution in [3.63, 3.8) is 0 Å². The number of carbonyl (C=O) groups is 1. The van der Waals surface area contributed by atoms with Crippen LogP contribution in [0.25, 0.3) is 6.08 Å². The molecule has 1 aliphatic heterocycles. The first-order chi connectivity index (χ1) is 11.0. The second-order valence-electron chi connectivity index (χ2n) is 6.57. The van der Waals surface area contributed by atoms with Crippen LogP contribution in [0.1, 0.15) is 40.2 Å². The first kappa shape index (κ1) is 19.2. The van der Waals surface area contributed by atoms with Gasteiger partial charge in [0.25, 0.3) is 0 Å². The van der Waals surface area contributed by atoms with Crippen LogP contribution < -0.4 is 5.73 Å². The van der Waals surface area contributed by atoms with Crippen LogP contribution in [0.3, 0.4) is 0 Å². The molecule has 6 nitrogen and oxygen atoms in total. The maximum Gasteiger partial charge on any atom is 0.491 e. The Kier molecular flexibility index (Phi) is 5.64. The number of rotatable bonds is 4. The van der Waals surface area contributed by atoms with Gasteiger partial charge in [-0.15, -0.1) is 0 Å². The molecule has 2 rings (SSSR count). The molecule has 1 saturated heterocycles. The van der Waals surface area contributed by atoms with Crippen LogP contribution in [-0.4, -0.2) is 39.2 Å². The summed E-state index contributed by atoms with van der Waals surface area (Å²) in [5.41, 5.74) is 6.34. The molecule has 24 heavy (non-hydrogen) atoms. The smallest absolute Gasteiger partial charge is 0.400 e. The summed E-state index contributed by atoms with van der Waals surface area (Å²) in [6, 6.07) is 0. The molecule has 0 amide bonds. The van der Waals surface area contributed by atoms with Crippen molar-refractivity contribution in [3.05, 3.63) is 22.5 Å². The Morgan fingerprint density at radius 3 is 2.46 bits per heavy atom. The van der Waals surface area contributed by atoms with E-state index in [2.05, 4.69) is 9.97 Å². The summed E-state index contributed by atoms with van der Waals surface area (Å²) in [4.78, 5) is 19.3. The predicted molar refractivity (Wildman–Crippen MR) is 98.7 cm³/mol. The average Bonchev–Trinajstić information content (AvgIpc) is 2.65. The highest BCUT2D eigenvalue weighted by Gasteiger charge is 2.52. The number of nitrogens with two attached hydrogens (primary N) is 1. The van der Waals surface area contributed by atoms with Crippen LogP contribution in [0, 0.1) is 0 Å². The maximum atomic E-state index is 11.4. The van der Waals surface area contributed by atoms with E-state index < -0.39 is 18.3 Å².